The van der Waals surface area contributed by atoms with Crippen molar-refractivity contribution in [2.45, 2.75) is 12.3 Å². The van der Waals surface area contributed by atoms with Gasteiger partial charge in [-0.1, -0.05) is 12.1 Å². The first-order valence-electron chi connectivity index (χ1n) is 4.70. The van der Waals surface area contributed by atoms with E-state index in [9.17, 15) is 10.1 Å². The van der Waals surface area contributed by atoms with Gasteiger partial charge in [-0.05, 0) is 12.0 Å². The van der Waals surface area contributed by atoms with Crippen LogP contribution in [0.4, 0.5) is 5.69 Å². The summed E-state index contributed by atoms with van der Waals surface area (Å²) in [6.07, 6.45) is 0.512. The molecule has 1 aromatic carbocycles. The highest BCUT2D eigenvalue weighted by atomic mass is 16.6. The van der Waals surface area contributed by atoms with Crippen LogP contribution >= 0.6 is 0 Å². The van der Waals surface area contributed by atoms with Gasteiger partial charge in [0.05, 0.1) is 17.1 Å². The van der Waals surface area contributed by atoms with Crippen LogP contribution in [-0.2, 0) is 0 Å². The molecule has 1 fully saturated rings. The number of rotatable bonds is 2. The first-order chi connectivity index (χ1) is 7.63. The van der Waals surface area contributed by atoms with E-state index < -0.39 is 10.3 Å². The van der Waals surface area contributed by atoms with Gasteiger partial charge in [0.2, 0.25) is 0 Å². The molecule has 1 aliphatic carbocycles. The summed E-state index contributed by atoms with van der Waals surface area (Å²) in [5.41, 5.74) is -0.0894. The molecule has 5 heteroatoms. The standard InChI is InChI=1S/C11H7N3O2/c12-6-11(7-13)5-10(11)8-1-3-9(4-2-8)14(15)16/h1-4,10H,5H2. The quantitative estimate of drug-likeness (QED) is 0.555. The summed E-state index contributed by atoms with van der Waals surface area (Å²) in [7, 11) is 0. The van der Waals surface area contributed by atoms with Crippen LogP contribution in [0.3, 0.4) is 0 Å². The second-order valence-corrected chi connectivity index (χ2v) is 3.80. The molecule has 5 nitrogen and oxygen atoms in total. The lowest BCUT2D eigenvalue weighted by Gasteiger charge is -1.99. The molecule has 78 valence electrons. The van der Waals surface area contributed by atoms with Crippen molar-refractivity contribution < 1.29 is 4.92 Å². The molecule has 1 atom stereocenters. The second-order valence-electron chi connectivity index (χ2n) is 3.80. The minimum Gasteiger partial charge on any atom is -0.258 e. The van der Waals surface area contributed by atoms with Crippen LogP contribution < -0.4 is 0 Å². The summed E-state index contributed by atoms with van der Waals surface area (Å²) >= 11 is 0. The lowest BCUT2D eigenvalue weighted by Crippen LogP contribution is -1.95. The Labute approximate surface area is 91.7 Å². The lowest BCUT2D eigenvalue weighted by molar-refractivity contribution is -0.384. The van der Waals surface area contributed by atoms with E-state index in [2.05, 4.69) is 0 Å². The number of nitro benzene ring substituents is 1. The number of hydrogen-bond acceptors (Lipinski definition) is 4. The Morgan fingerprint density at radius 3 is 2.25 bits per heavy atom. The van der Waals surface area contributed by atoms with E-state index in [0.717, 1.165) is 5.56 Å². The topological polar surface area (TPSA) is 90.7 Å². The number of nitrogens with zero attached hydrogens (tertiary/aromatic N) is 3. The summed E-state index contributed by atoms with van der Waals surface area (Å²) in [6.45, 7) is 0. The maximum atomic E-state index is 10.4. The Morgan fingerprint density at radius 1 is 1.31 bits per heavy atom. The molecule has 0 bridgehead atoms. The molecule has 0 aromatic heterocycles. The van der Waals surface area contributed by atoms with Gasteiger partial charge >= 0.3 is 0 Å². The van der Waals surface area contributed by atoms with E-state index in [0.29, 0.717) is 6.42 Å². The zero-order valence-corrected chi connectivity index (χ0v) is 8.25. The molecule has 1 saturated carbocycles. The van der Waals surface area contributed by atoms with Gasteiger partial charge in [-0.2, -0.15) is 10.5 Å². The van der Waals surface area contributed by atoms with Gasteiger partial charge in [0.25, 0.3) is 5.69 Å². The molecule has 1 aliphatic rings. The first-order valence-corrected chi connectivity index (χ1v) is 4.70. The highest BCUT2D eigenvalue weighted by molar-refractivity contribution is 5.44. The molecule has 0 saturated heterocycles. The Balaban J connectivity index is 2.24. The van der Waals surface area contributed by atoms with Crippen LogP contribution in [0.5, 0.6) is 0 Å². The Kier molecular flexibility index (Phi) is 2.10. The zero-order valence-electron chi connectivity index (χ0n) is 8.25. The summed E-state index contributed by atoms with van der Waals surface area (Å²) < 4.78 is 0. The summed E-state index contributed by atoms with van der Waals surface area (Å²) in [5.74, 6) is -0.108. The minimum absolute atomic E-state index is 0.0175. The summed E-state index contributed by atoms with van der Waals surface area (Å²) in [6, 6.07) is 10.00. The van der Waals surface area contributed by atoms with Gasteiger partial charge in [0, 0.05) is 18.1 Å². The maximum Gasteiger partial charge on any atom is 0.269 e. The normalized spacial score (nSPS) is 20.5. The third-order valence-corrected chi connectivity index (χ3v) is 2.87. The number of hydrogen-bond donors (Lipinski definition) is 0. The van der Waals surface area contributed by atoms with E-state index in [4.69, 9.17) is 10.5 Å². The van der Waals surface area contributed by atoms with Crippen LogP contribution in [0.2, 0.25) is 0 Å². The highest BCUT2D eigenvalue weighted by Crippen LogP contribution is 2.58. The molecule has 0 aliphatic heterocycles. The monoisotopic (exact) mass is 213 g/mol. The maximum absolute atomic E-state index is 10.4. The number of non-ortho nitro benzene ring substituents is 1. The van der Waals surface area contributed by atoms with Gasteiger partial charge in [-0.3, -0.25) is 10.1 Å². The van der Waals surface area contributed by atoms with Crippen molar-refractivity contribution in [2.24, 2.45) is 5.41 Å². The summed E-state index contributed by atoms with van der Waals surface area (Å²) in [5, 5.41) is 28.1. The van der Waals surface area contributed by atoms with Crippen molar-refractivity contribution in [3.63, 3.8) is 0 Å². The fourth-order valence-corrected chi connectivity index (χ4v) is 1.77. The molecule has 0 heterocycles. The molecule has 0 radical (unpaired) electrons. The highest BCUT2D eigenvalue weighted by Gasteiger charge is 2.56. The molecule has 0 amide bonds. The van der Waals surface area contributed by atoms with Gasteiger partial charge in [0.1, 0.15) is 0 Å². The molecule has 2 rings (SSSR count). The summed E-state index contributed by atoms with van der Waals surface area (Å²) in [4.78, 5) is 9.96. The molecule has 0 spiro atoms. The van der Waals surface area contributed by atoms with Crippen LogP contribution in [0.25, 0.3) is 0 Å². The molecule has 1 aromatic rings. The predicted octanol–water partition coefficient (Wildman–Crippen LogP) is 2.12. The van der Waals surface area contributed by atoms with Crippen molar-refractivity contribution in [3.8, 4) is 12.1 Å². The molecular weight excluding hydrogens is 206 g/mol. The van der Waals surface area contributed by atoms with Crippen molar-refractivity contribution in [3.05, 3.63) is 39.9 Å². The van der Waals surface area contributed by atoms with E-state index in [1.807, 2.05) is 12.1 Å². The van der Waals surface area contributed by atoms with Crippen LogP contribution in [0, 0.1) is 38.2 Å². The number of nitro groups is 1. The minimum atomic E-state index is -0.921. The van der Waals surface area contributed by atoms with E-state index in [-0.39, 0.29) is 11.6 Å². The van der Waals surface area contributed by atoms with E-state index >= 15 is 0 Å². The molecular formula is C11H7N3O2. The fourth-order valence-electron chi connectivity index (χ4n) is 1.77. The van der Waals surface area contributed by atoms with Crippen molar-refractivity contribution in [2.75, 3.05) is 0 Å². The van der Waals surface area contributed by atoms with Gasteiger partial charge in [-0.15, -0.1) is 0 Å². The number of benzene rings is 1. The smallest absolute Gasteiger partial charge is 0.258 e. The molecule has 1 unspecified atom stereocenters. The molecule has 16 heavy (non-hydrogen) atoms. The van der Waals surface area contributed by atoms with Gasteiger partial charge < -0.3 is 0 Å². The third kappa shape index (κ3) is 1.39. The Morgan fingerprint density at radius 2 is 1.88 bits per heavy atom. The average Bonchev–Trinajstić information content (AvgIpc) is 3.04. The third-order valence-electron chi connectivity index (χ3n) is 2.87. The van der Waals surface area contributed by atoms with Crippen molar-refractivity contribution in [1.82, 2.24) is 0 Å². The van der Waals surface area contributed by atoms with E-state index in [1.165, 1.54) is 12.1 Å². The largest absolute Gasteiger partial charge is 0.269 e. The van der Waals surface area contributed by atoms with E-state index in [1.54, 1.807) is 12.1 Å². The van der Waals surface area contributed by atoms with Crippen molar-refractivity contribution >= 4 is 5.69 Å². The molecule has 0 N–H and O–H groups in total. The predicted molar refractivity (Wildman–Crippen MR) is 54.1 cm³/mol. The number of nitriles is 2. The fraction of sp³-hybridized carbons (Fsp3) is 0.273. The Hall–Kier alpha value is -2.40. The van der Waals surface area contributed by atoms with Crippen LogP contribution in [-0.4, -0.2) is 4.92 Å². The van der Waals surface area contributed by atoms with Crippen LogP contribution in [0.15, 0.2) is 24.3 Å². The SMILES string of the molecule is N#CC1(C#N)CC1c1ccc([N+](=O)[O-])cc1. The van der Waals surface area contributed by atoms with Gasteiger partial charge in [-0.25, -0.2) is 0 Å². The Bertz CT molecular complexity index is 508. The lowest BCUT2D eigenvalue weighted by atomic mass is 10.0. The van der Waals surface area contributed by atoms with Crippen molar-refractivity contribution in [1.29, 1.82) is 10.5 Å². The zero-order chi connectivity index (χ0) is 11.8. The average molecular weight is 213 g/mol. The van der Waals surface area contributed by atoms with Crippen LogP contribution in [0.1, 0.15) is 17.9 Å². The first kappa shape index (κ1) is 10.1. The van der Waals surface area contributed by atoms with Gasteiger partial charge in [0.15, 0.2) is 5.41 Å². The second kappa shape index (κ2) is 3.32.